The molecular formula is C15H20N4O2S. The lowest BCUT2D eigenvalue weighted by Gasteiger charge is -2.25. The molecule has 0 fully saturated rings. The number of urea groups is 1. The van der Waals surface area contributed by atoms with Crippen molar-refractivity contribution in [2.24, 2.45) is 0 Å². The number of aromatic nitrogens is 2. The van der Waals surface area contributed by atoms with Crippen molar-refractivity contribution in [2.45, 2.75) is 26.0 Å². The predicted molar refractivity (Wildman–Crippen MR) is 86.5 cm³/mol. The fourth-order valence-electron chi connectivity index (χ4n) is 1.96. The van der Waals surface area contributed by atoms with Crippen LogP contribution in [0.4, 0.5) is 4.79 Å². The molecule has 0 bridgehead atoms. The van der Waals surface area contributed by atoms with E-state index in [0.717, 1.165) is 15.6 Å². The molecule has 2 rings (SSSR count). The van der Waals surface area contributed by atoms with Crippen LogP contribution in [-0.4, -0.2) is 45.4 Å². The van der Waals surface area contributed by atoms with Crippen molar-refractivity contribution in [1.29, 1.82) is 0 Å². The molecule has 0 aliphatic carbocycles. The highest BCUT2D eigenvalue weighted by molar-refractivity contribution is 7.14. The molecule has 1 heterocycles. The number of hydrogen-bond donors (Lipinski definition) is 2. The van der Waals surface area contributed by atoms with E-state index in [1.54, 1.807) is 20.9 Å². The second-order valence-corrected chi connectivity index (χ2v) is 6.76. The van der Waals surface area contributed by atoms with E-state index in [-0.39, 0.29) is 12.6 Å². The summed E-state index contributed by atoms with van der Waals surface area (Å²) in [5, 5.41) is 22.3. The molecule has 1 aromatic heterocycles. The minimum Gasteiger partial charge on any atom is -0.389 e. The molecule has 2 amide bonds. The molecule has 7 heteroatoms. The summed E-state index contributed by atoms with van der Waals surface area (Å²) in [4.78, 5) is 13.4. The van der Waals surface area contributed by atoms with Crippen molar-refractivity contribution in [1.82, 2.24) is 20.4 Å². The van der Waals surface area contributed by atoms with E-state index in [1.807, 2.05) is 30.3 Å². The average molecular weight is 320 g/mol. The van der Waals surface area contributed by atoms with Gasteiger partial charge in [-0.25, -0.2) is 4.79 Å². The maximum Gasteiger partial charge on any atom is 0.317 e. The van der Waals surface area contributed by atoms with Gasteiger partial charge in [-0.1, -0.05) is 41.7 Å². The molecule has 6 nitrogen and oxygen atoms in total. The number of carbonyl (C=O) groups excluding carboxylic acids is 1. The zero-order valence-electron chi connectivity index (χ0n) is 12.9. The number of nitrogens with zero attached hydrogens (tertiary/aromatic N) is 3. The maximum absolute atomic E-state index is 11.9. The van der Waals surface area contributed by atoms with E-state index in [2.05, 4.69) is 15.5 Å². The highest BCUT2D eigenvalue weighted by Gasteiger charge is 2.19. The highest BCUT2D eigenvalue weighted by atomic mass is 32.1. The minimum atomic E-state index is -0.921. The topological polar surface area (TPSA) is 78.4 Å². The molecule has 0 aliphatic heterocycles. The molecule has 2 N–H and O–H groups in total. The van der Waals surface area contributed by atoms with Gasteiger partial charge in [0.25, 0.3) is 0 Å². The zero-order valence-corrected chi connectivity index (χ0v) is 13.7. The first-order chi connectivity index (χ1) is 10.3. The van der Waals surface area contributed by atoms with Crippen LogP contribution in [0.1, 0.15) is 18.9 Å². The quantitative estimate of drug-likeness (QED) is 0.884. The Kier molecular flexibility index (Phi) is 5.10. The monoisotopic (exact) mass is 320 g/mol. The fourth-order valence-corrected chi connectivity index (χ4v) is 2.75. The minimum absolute atomic E-state index is 0.251. The molecule has 0 aliphatic rings. The van der Waals surface area contributed by atoms with Gasteiger partial charge in [-0.3, -0.25) is 0 Å². The summed E-state index contributed by atoms with van der Waals surface area (Å²) in [7, 11) is 1.64. The van der Waals surface area contributed by atoms with Gasteiger partial charge in [0.15, 0.2) is 0 Å². The van der Waals surface area contributed by atoms with E-state index < -0.39 is 5.60 Å². The third kappa shape index (κ3) is 4.78. The molecule has 0 saturated heterocycles. The third-order valence-corrected chi connectivity index (χ3v) is 3.82. The summed E-state index contributed by atoms with van der Waals surface area (Å²) in [6.07, 6.45) is 0. The molecule has 0 saturated carbocycles. The number of carbonyl (C=O) groups is 1. The fraction of sp³-hybridized carbons (Fsp3) is 0.400. The lowest BCUT2D eigenvalue weighted by molar-refractivity contribution is 0.0531. The molecule has 1 aromatic carbocycles. The Bertz CT molecular complexity index is 622. The number of hydrogen-bond acceptors (Lipinski definition) is 5. The molecule has 0 spiro atoms. The molecule has 0 radical (unpaired) electrons. The van der Waals surface area contributed by atoms with Crippen molar-refractivity contribution in [3.63, 3.8) is 0 Å². The van der Waals surface area contributed by atoms with Gasteiger partial charge in [-0.05, 0) is 13.8 Å². The average Bonchev–Trinajstić information content (AvgIpc) is 2.92. The van der Waals surface area contributed by atoms with Crippen molar-refractivity contribution < 1.29 is 9.90 Å². The number of benzene rings is 1. The summed E-state index contributed by atoms with van der Waals surface area (Å²) in [5.41, 5.74) is 0.0895. The van der Waals surface area contributed by atoms with Crippen LogP contribution >= 0.6 is 11.3 Å². The van der Waals surface area contributed by atoms with Crippen LogP contribution in [0.15, 0.2) is 30.3 Å². The van der Waals surface area contributed by atoms with Crippen LogP contribution in [0.2, 0.25) is 0 Å². The molecule has 2 aromatic rings. The lowest BCUT2D eigenvalue weighted by atomic mass is 10.1. The maximum atomic E-state index is 11.9. The lowest BCUT2D eigenvalue weighted by Crippen LogP contribution is -2.44. The van der Waals surface area contributed by atoms with Gasteiger partial charge in [0.2, 0.25) is 0 Å². The van der Waals surface area contributed by atoms with Gasteiger partial charge in [-0.15, -0.1) is 10.2 Å². The number of nitrogens with one attached hydrogen (secondary N) is 1. The molecule has 0 atom stereocenters. The van der Waals surface area contributed by atoms with Gasteiger partial charge in [0, 0.05) is 12.6 Å². The summed E-state index contributed by atoms with van der Waals surface area (Å²) in [6, 6.07) is 9.54. The zero-order chi connectivity index (χ0) is 16.2. The van der Waals surface area contributed by atoms with Crippen LogP contribution in [0.25, 0.3) is 10.6 Å². The van der Waals surface area contributed by atoms with Crippen LogP contribution in [0.3, 0.4) is 0 Å². The van der Waals surface area contributed by atoms with Crippen molar-refractivity contribution in [3.05, 3.63) is 35.3 Å². The Balaban J connectivity index is 1.90. The first-order valence-corrected chi connectivity index (χ1v) is 7.76. The van der Waals surface area contributed by atoms with E-state index in [9.17, 15) is 9.90 Å². The van der Waals surface area contributed by atoms with Crippen molar-refractivity contribution in [3.8, 4) is 10.6 Å². The largest absolute Gasteiger partial charge is 0.389 e. The Labute approximate surface area is 133 Å². The van der Waals surface area contributed by atoms with Crippen molar-refractivity contribution in [2.75, 3.05) is 13.6 Å². The third-order valence-electron chi connectivity index (χ3n) is 2.85. The van der Waals surface area contributed by atoms with Crippen LogP contribution < -0.4 is 5.32 Å². The van der Waals surface area contributed by atoms with E-state index in [0.29, 0.717) is 6.54 Å². The van der Waals surface area contributed by atoms with E-state index in [1.165, 1.54) is 16.2 Å². The van der Waals surface area contributed by atoms with Crippen molar-refractivity contribution >= 4 is 17.4 Å². The van der Waals surface area contributed by atoms with Crippen LogP contribution in [-0.2, 0) is 6.54 Å². The SMILES string of the molecule is CN(CC(C)(C)O)C(=O)NCc1nnc(-c2ccccc2)s1. The highest BCUT2D eigenvalue weighted by Crippen LogP contribution is 2.22. The number of likely N-dealkylation sites (N-methyl/N-ethyl adjacent to an activating group) is 1. The first-order valence-electron chi connectivity index (χ1n) is 6.94. The number of aliphatic hydroxyl groups is 1. The Hall–Kier alpha value is -1.99. The summed E-state index contributed by atoms with van der Waals surface area (Å²) >= 11 is 1.45. The molecule has 118 valence electrons. The van der Waals surface area contributed by atoms with Crippen LogP contribution in [0.5, 0.6) is 0 Å². The molecule has 22 heavy (non-hydrogen) atoms. The summed E-state index contributed by atoms with van der Waals surface area (Å²) in [5.74, 6) is 0. The Morgan fingerprint density at radius 2 is 2.00 bits per heavy atom. The summed E-state index contributed by atoms with van der Waals surface area (Å²) in [6.45, 7) is 3.89. The molecule has 0 unspecified atom stereocenters. The van der Waals surface area contributed by atoms with Gasteiger partial charge in [0.1, 0.15) is 10.0 Å². The van der Waals surface area contributed by atoms with E-state index in [4.69, 9.17) is 0 Å². The van der Waals surface area contributed by atoms with Gasteiger partial charge in [-0.2, -0.15) is 0 Å². The Morgan fingerprint density at radius 3 is 2.64 bits per heavy atom. The van der Waals surface area contributed by atoms with E-state index >= 15 is 0 Å². The second kappa shape index (κ2) is 6.85. The predicted octanol–water partition coefficient (Wildman–Crippen LogP) is 2.12. The van der Waals surface area contributed by atoms with Gasteiger partial charge >= 0.3 is 6.03 Å². The number of rotatable bonds is 5. The normalized spacial score (nSPS) is 11.3. The van der Waals surface area contributed by atoms with Gasteiger partial charge < -0.3 is 15.3 Å². The van der Waals surface area contributed by atoms with Crippen LogP contribution in [0, 0.1) is 0 Å². The smallest absolute Gasteiger partial charge is 0.317 e. The number of amides is 2. The standard InChI is InChI=1S/C15H20N4O2S/c1-15(2,21)10-19(3)14(20)16-9-12-17-18-13(22-12)11-7-5-4-6-8-11/h4-8,21H,9-10H2,1-3H3,(H,16,20). The Morgan fingerprint density at radius 1 is 1.32 bits per heavy atom. The summed E-state index contributed by atoms with van der Waals surface area (Å²) < 4.78 is 0. The second-order valence-electron chi connectivity index (χ2n) is 5.69. The molecular weight excluding hydrogens is 300 g/mol. The van der Waals surface area contributed by atoms with Gasteiger partial charge in [0.05, 0.1) is 18.7 Å². The first kappa shape index (κ1) is 16.4.